The minimum Gasteiger partial charge on any atom is -0.492 e. The molecule has 7 heteroatoms. The van der Waals surface area contributed by atoms with Crippen LogP contribution in [-0.4, -0.2) is 64.0 Å². The fraction of sp³-hybridized carbons (Fsp3) is 0.500. The number of hydrogen-bond donors (Lipinski definition) is 1. The lowest BCUT2D eigenvalue weighted by molar-refractivity contribution is 0.0258. The minimum absolute atomic E-state index is 0.441. The van der Waals surface area contributed by atoms with Crippen LogP contribution in [0, 0.1) is 0 Å². The average molecular weight is 287 g/mol. The summed E-state index contributed by atoms with van der Waals surface area (Å²) in [4.78, 5) is 2.46. The van der Waals surface area contributed by atoms with Crippen molar-refractivity contribution in [3.63, 3.8) is 0 Å². The molecule has 0 radical (unpaired) electrons. The molecule has 110 valence electrons. The third-order valence-corrected chi connectivity index (χ3v) is 4.10. The van der Waals surface area contributed by atoms with Crippen LogP contribution in [0.1, 0.15) is 6.42 Å². The van der Waals surface area contributed by atoms with Crippen molar-refractivity contribution in [1.82, 2.24) is 25.5 Å². The number of H-pyrrole nitrogens is 1. The minimum atomic E-state index is 0.441. The van der Waals surface area contributed by atoms with Crippen LogP contribution in [0.3, 0.4) is 0 Å². The van der Waals surface area contributed by atoms with Crippen LogP contribution in [0.5, 0.6) is 5.75 Å². The predicted molar refractivity (Wildman–Crippen MR) is 74.8 cm³/mol. The molecule has 0 aliphatic carbocycles. The molecule has 2 atom stereocenters. The number of aromatic nitrogens is 4. The Labute approximate surface area is 122 Å². The van der Waals surface area contributed by atoms with E-state index in [4.69, 9.17) is 9.47 Å². The second-order valence-corrected chi connectivity index (χ2v) is 5.45. The van der Waals surface area contributed by atoms with E-state index in [1.165, 1.54) is 6.42 Å². The van der Waals surface area contributed by atoms with E-state index in [0.717, 1.165) is 31.0 Å². The highest BCUT2D eigenvalue weighted by Crippen LogP contribution is 2.27. The van der Waals surface area contributed by atoms with Crippen LogP contribution in [0.4, 0.5) is 0 Å². The van der Waals surface area contributed by atoms with Crippen LogP contribution >= 0.6 is 0 Å². The zero-order chi connectivity index (χ0) is 14.1. The maximum absolute atomic E-state index is 5.85. The summed E-state index contributed by atoms with van der Waals surface area (Å²) < 4.78 is 11.4. The zero-order valence-electron chi connectivity index (χ0n) is 11.6. The van der Waals surface area contributed by atoms with Gasteiger partial charge in [0.25, 0.3) is 0 Å². The first kappa shape index (κ1) is 12.7. The molecule has 21 heavy (non-hydrogen) atoms. The first-order valence-corrected chi connectivity index (χ1v) is 7.21. The molecule has 7 nitrogen and oxygen atoms in total. The maximum Gasteiger partial charge on any atom is 0.204 e. The molecule has 1 N–H and O–H groups in total. The van der Waals surface area contributed by atoms with Crippen LogP contribution in [0.25, 0.3) is 11.4 Å². The SMILES string of the molecule is c1cc(OCCN2C[C@@H]3C[C@H]2CO3)cc(-c2nn[nH]n2)c1. The second kappa shape index (κ2) is 5.42. The number of fused-ring (bicyclic) bond motifs is 2. The highest BCUT2D eigenvalue weighted by atomic mass is 16.5. The van der Waals surface area contributed by atoms with Crippen molar-refractivity contribution in [1.29, 1.82) is 0 Å². The molecule has 3 heterocycles. The Morgan fingerprint density at radius 1 is 1.43 bits per heavy atom. The highest BCUT2D eigenvalue weighted by molar-refractivity contribution is 5.56. The van der Waals surface area contributed by atoms with E-state index in [0.29, 0.717) is 24.6 Å². The lowest BCUT2D eigenvalue weighted by atomic mass is 10.2. The fourth-order valence-corrected chi connectivity index (χ4v) is 3.04. The third-order valence-electron chi connectivity index (χ3n) is 4.10. The average Bonchev–Trinajstić information content (AvgIpc) is 3.25. The van der Waals surface area contributed by atoms with Gasteiger partial charge in [-0.05, 0) is 23.8 Å². The van der Waals surface area contributed by atoms with E-state index < -0.39 is 0 Å². The molecule has 2 fully saturated rings. The number of tetrazole rings is 1. The summed E-state index contributed by atoms with van der Waals surface area (Å²) in [5.74, 6) is 1.41. The van der Waals surface area contributed by atoms with Gasteiger partial charge >= 0.3 is 0 Å². The molecule has 0 spiro atoms. The van der Waals surface area contributed by atoms with Crippen molar-refractivity contribution in [2.45, 2.75) is 18.6 Å². The topological polar surface area (TPSA) is 76.2 Å². The Morgan fingerprint density at radius 2 is 2.43 bits per heavy atom. The summed E-state index contributed by atoms with van der Waals surface area (Å²) >= 11 is 0. The van der Waals surface area contributed by atoms with Gasteiger partial charge < -0.3 is 9.47 Å². The number of morpholine rings is 1. The predicted octanol–water partition coefficient (Wildman–Crippen LogP) is 0.719. The van der Waals surface area contributed by atoms with E-state index in [-0.39, 0.29) is 0 Å². The molecule has 1 aromatic carbocycles. The van der Waals surface area contributed by atoms with Gasteiger partial charge in [-0.2, -0.15) is 5.21 Å². The Balaban J connectivity index is 1.34. The first-order valence-electron chi connectivity index (χ1n) is 7.21. The molecule has 0 saturated carbocycles. The van der Waals surface area contributed by atoms with E-state index >= 15 is 0 Å². The Morgan fingerprint density at radius 3 is 3.19 bits per heavy atom. The second-order valence-electron chi connectivity index (χ2n) is 5.45. The number of aromatic amines is 1. The van der Waals surface area contributed by atoms with E-state index in [9.17, 15) is 0 Å². The van der Waals surface area contributed by atoms with Gasteiger partial charge in [0.15, 0.2) is 0 Å². The molecule has 0 amide bonds. The Kier molecular flexibility index (Phi) is 3.28. The maximum atomic E-state index is 5.85. The number of rotatable bonds is 5. The summed E-state index contributed by atoms with van der Waals surface area (Å²) in [5.41, 5.74) is 0.898. The first-order chi connectivity index (χ1) is 10.4. The summed E-state index contributed by atoms with van der Waals surface area (Å²) in [6.07, 6.45) is 1.62. The van der Waals surface area contributed by atoms with E-state index in [1.807, 2.05) is 24.3 Å². The summed E-state index contributed by atoms with van der Waals surface area (Å²) in [6, 6.07) is 8.35. The molecule has 2 aliphatic rings. The Bertz CT molecular complexity index is 603. The van der Waals surface area contributed by atoms with Gasteiger partial charge in [0.2, 0.25) is 5.82 Å². The number of ether oxygens (including phenoxy) is 2. The van der Waals surface area contributed by atoms with Gasteiger partial charge in [0.05, 0.1) is 12.7 Å². The van der Waals surface area contributed by atoms with Crippen molar-refractivity contribution in [3.8, 4) is 17.1 Å². The number of nitrogens with zero attached hydrogens (tertiary/aromatic N) is 4. The van der Waals surface area contributed by atoms with Gasteiger partial charge in [0, 0.05) is 24.7 Å². The number of nitrogens with one attached hydrogen (secondary N) is 1. The quantitative estimate of drug-likeness (QED) is 0.873. The number of benzene rings is 1. The van der Waals surface area contributed by atoms with Crippen molar-refractivity contribution in [3.05, 3.63) is 24.3 Å². The molecular formula is C14H17N5O2. The van der Waals surface area contributed by atoms with Crippen molar-refractivity contribution in [2.75, 3.05) is 26.3 Å². The summed E-state index contributed by atoms with van der Waals surface area (Å²) in [6.45, 7) is 3.53. The smallest absolute Gasteiger partial charge is 0.204 e. The molecule has 2 bridgehead atoms. The Hall–Kier alpha value is -1.99. The number of likely N-dealkylation sites (tertiary alicyclic amines) is 1. The molecule has 4 rings (SSSR count). The molecule has 0 unspecified atom stereocenters. The summed E-state index contributed by atoms with van der Waals surface area (Å²) in [5, 5.41) is 14.0. The van der Waals surface area contributed by atoms with Crippen molar-refractivity contribution < 1.29 is 9.47 Å². The van der Waals surface area contributed by atoms with Gasteiger partial charge in [-0.1, -0.05) is 12.1 Å². The number of hydrogen-bond acceptors (Lipinski definition) is 6. The van der Waals surface area contributed by atoms with Crippen LogP contribution < -0.4 is 4.74 Å². The monoisotopic (exact) mass is 287 g/mol. The fourth-order valence-electron chi connectivity index (χ4n) is 3.04. The highest BCUT2D eigenvalue weighted by Gasteiger charge is 2.38. The molecule has 2 saturated heterocycles. The zero-order valence-corrected chi connectivity index (χ0v) is 11.6. The van der Waals surface area contributed by atoms with Crippen molar-refractivity contribution >= 4 is 0 Å². The normalized spacial score (nSPS) is 24.6. The van der Waals surface area contributed by atoms with Crippen LogP contribution in [0.2, 0.25) is 0 Å². The van der Waals surface area contributed by atoms with Gasteiger partial charge in [-0.25, -0.2) is 0 Å². The van der Waals surface area contributed by atoms with Gasteiger partial charge in [-0.3, -0.25) is 4.90 Å². The van der Waals surface area contributed by atoms with Gasteiger partial charge in [-0.15, -0.1) is 10.2 Å². The largest absolute Gasteiger partial charge is 0.492 e. The lowest BCUT2D eigenvalue weighted by Crippen LogP contribution is -2.39. The standard InChI is InChI=1S/C14H17N5O2/c1-2-10(14-15-17-18-16-14)6-12(3-1)20-5-4-19-8-13-7-11(19)9-21-13/h1-3,6,11,13H,4-5,7-9H2,(H,15,16,17,18)/t11-,13-/m0/s1. The van der Waals surface area contributed by atoms with E-state index in [1.54, 1.807) is 0 Å². The van der Waals surface area contributed by atoms with Crippen LogP contribution in [0.15, 0.2) is 24.3 Å². The lowest BCUT2D eigenvalue weighted by Gasteiger charge is -2.26. The molecule has 2 aliphatic heterocycles. The molecule has 1 aromatic heterocycles. The molecular weight excluding hydrogens is 270 g/mol. The summed E-state index contributed by atoms with van der Waals surface area (Å²) in [7, 11) is 0. The van der Waals surface area contributed by atoms with Gasteiger partial charge in [0.1, 0.15) is 12.4 Å². The third kappa shape index (κ3) is 2.62. The molecule has 2 aromatic rings. The van der Waals surface area contributed by atoms with E-state index in [2.05, 4.69) is 25.5 Å². The van der Waals surface area contributed by atoms with Crippen LogP contribution in [-0.2, 0) is 4.74 Å². The van der Waals surface area contributed by atoms with Crippen molar-refractivity contribution in [2.24, 2.45) is 0 Å².